The summed E-state index contributed by atoms with van der Waals surface area (Å²) in [6, 6.07) is 6.18. The van der Waals surface area contributed by atoms with Gasteiger partial charge in [0.1, 0.15) is 11.4 Å². The van der Waals surface area contributed by atoms with Gasteiger partial charge in [-0.1, -0.05) is 17.7 Å². The minimum absolute atomic E-state index is 0.0542. The SMILES string of the molecule is N#CC1(NC(=O)c2c(F)cccc2Cl)CCCC1. The number of amides is 1. The van der Waals surface area contributed by atoms with Crippen LogP contribution in [0, 0.1) is 17.1 Å². The Bertz CT molecular complexity index is 498. The largest absolute Gasteiger partial charge is 0.334 e. The molecule has 0 saturated heterocycles. The van der Waals surface area contributed by atoms with Gasteiger partial charge in [-0.15, -0.1) is 0 Å². The molecule has 2 rings (SSSR count). The highest BCUT2D eigenvalue weighted by atomic mass is 35.5. The predicted molar refractivity (Wildman–Crippen MR) is 65.7 cm³/mol. The van der Waals surface area contributed by atoms with Crippen LogP contribution < -0.4 is 5.32 Å². The molecule has 0 unspecified atom stereocenters. The van der Waals surface area contributed by atoms with Gasteiger partial charge >= 0.3 is 0 Å². The van der Waals surface area contributed by atoms with Gasteiger partial charge in [-0.2, -0.15) is 5.26 Å². The van der Waals surface area contributed by atoms with Gasteiger partial charge in [-0.05, 0) is 37.8 Å². The van der Waals surface area contributed by atoms with Gasteiger partial charge in [-0.3, -0.25) is 4.79 Å². The zero-order valence-electron chi connectivity index (χ0n) is 9.67. The second kappa shape index (κ2) is 4.95. The van der Waals surface area contributed by atoms with Crippen molar-refractivity contribution in [2.24, 2.45) is 0 Å². The van der Waals surface area contributed by atoms with E-state index in [0.29, 0.717) is 12.8 Å². The number of halogens is 2. The van der Waals surface area contributed by atoms with Crippen molar-refractivity contribution < 1.29 is 9.18 Å². The fraction of sp³-hybridized carbons (Fsp3) is 0.385. The van der Waals surface area contributed by atoms with Gasteiger partial charge < -0.3 is 5.32 Å². The first-order valence-corrected chi connectivity index (χ1v) is 6.13. The maximum absolute atomic E-state index is 13.6. The minimum Gasteiger partial charge on any atom is -0.334 e. The predicted octanol–water partition coefficient (Wildman–Crippen LogP) is 3.05. The molecule has 1 aromatic rings. The van der Waals surface area contributed by atoms with Crippen molar-refractivity contribution in [2.45, 2.75) is 31.2 Å². The molecule has 5 heteroatoms. The van der Waals surface area contributed by atoms with Crippen LogP contribution in [0.5, 0.6) is 0 Å². The summed E-state index contributed by atoms with van der Waals surface area (Å²) >= 11 is 5.81. The second-order valence-corrected chi connectivity index (χ2v) is 4.86. The van der Waals surface area contributed by atoms with E-state index >= 15 is 0 Å². The first-order chi connectivity index (χ1) is 8.58. The molecule has 1 saturated carbocycles. The van der Waals surface area contributed by atoms with Crippen molar-refractivity contribution >= 4 is 17.5 Å². The van der Waals surface area contributed by atoms with Crippen LogP contribution in [0.4, 0.5) is 4.39 Å². The number of nitriles is 1. The Labute approximate surface area is 110 Å². The second-order valence-electron chi connectivity index (χ2n) is 4.45. The molecule has 1 fully saturated rings. The number of hydrogen-bond donors (Lipinski definition) is 1. The molecule has 3 nitrogen and oxygen atoms in total. The van der Waals surface area contributed by atoms with Crippen molar-refractivity contribution in [3.63, 3.8) is 0 Å². The quantitative estimate of drug-likeness (QED) is 0.894. The Morgan fingerprint density at radius 1 is 1.44 bits per heavy atom. The van der Waals surface area contributed by atoms with Gasteiger partial charge in [-0.25, -0.2) is 4.39 Å². The van der Waals surface area contributed by atoms with Gasteiger partial charge in [0.25, 0.3) is 5.91 Å². The lowest BCUT2D eigenvalue weighted by Crippen LogP contribution is -2.45. The van der Waals surface area contributed by atoms with Crippen molar-refractivity contribution in [3.05, 3.63) is 34.6 Å². The van der Waals surface area contributed by atoms with Crippen LogP contribution >= 0.6 is 11.6 Å². The summed E-state index contributed by atoms with van der Waals surface area (Å²) < 4.78 is 13.6. The van der Waals surface area contributed by atoms with E-state index in [0.717, 1.165) is 12.8 Å². The molecule has 1 aromatic carbocycles. The van der Waals surface area contributed by atoms with Crippen molar-refractivity contribution in [2.75, 3.05) is 0 Å². The molecular weight excluding hydrogens is 255 g/mol. The van der Waals surface area contributed by atoms with Gasteiger partial charge in [0, 0.05) is 0 Å². The van der Waals surface area contributed by atoms with E-state index in [1.807, 2.05) is 0 Å². The summed E-state index contributed by atoms with van der Waals surface area (Å²) in [5.41, 5.74) is -1.07. The Morgan fingerprint density at radius 2 is 2.11 bits per heavy atom. The van der Waals surface area contributed by atoms with Crippen LogP contribution in [0.2, 0.25) is 5.02 Å². The highest BCUT2D eigenvalue weighted by Gasteiger charge is 2.36. The van der Waals surface area contributed by atoms with Crippen molar-refractivity contribution in [1.82, 2.24) is 5.32 Å². The molecule has 0 bridgehead atoms. The zero-order valence-corrected chi connectivity index (χ0v) is 10.4. The summed E-state index contributed by atoms with van der Waals surface area (Å²) in [6.07, 6.45) is 2.97. The van der Waals surface area contributed by atoms with Crippen LogP contribution in [-0.4, -0.2) is 11.4 Å². The topological polar surface area (TPSA) is 52.9 Å². The number of carbonyl (C=O) groups excluding carboxylic acids is 1. The number of carbonyl (C=O) groups is 1. The minimum atomic E-state index is -0.872. The molecule has 0 atom stereocenters. The van der Waals surface area contributed by atoms with Crippen molar-refractivity contribution in [3.8, 4) is 6.07 Å². The smallest absolute Gasteiger partial charge is 0.257 e. The lowest BCUT2D eigenvalue weighted by Gasteiger charge is -2.22. The summed E-state index contributed by atoms with van der Waals surface area (Å²) in [6.45, 7) is 0. The van der Waals surface area contributed by atoms with E-state index in [9.17, 15) is 9.18 Å². The van der Waals surface area contributed by atoms with Crippen LogP contribution in [0.25, 0.3) is 0 Å². The monoisotopic (exact) mass is 266 g/mol. The van der Waals surface area contributed by atoms with Gasteiger partial charge in [0.05, 0.1) is 16.7 Å². The molecule has 0 aromatic heterocycles. The molecule has 1 aliphatic rings. The molecule has 0 aliphatic heterocycles. The molecule has 0 radical (unpaired) electrons. The van der Waals surface area contributed by atoms with E-state index in [-0.39, 0.29) is 10.6 Å². The fourth-order valence-corrected chi connectivity index (χ4v) is 2.49. The third kappa shape index (κ3) is 2.32. The standard InChI is InChI=1S/C13H12ClFN2O/c14-9-4-3-5-10(15)11(9)12(18)17-13(8-16)6-1-2-7-13/h3-5H,1-2,6-7H2,(H,17,18). The normalized spacial score (nSPS) is 17.2. The third-order valence-corrected chi connectivity index (χ3v) is 3.53. The van der Waals surface area contributed by atoms with E-state index in [2.05, 4.69) is 11.4 Å². The Hall–Kier alpha value is -1.60. The molecule has 1 aliphatic carbocycles. The molecule has 94 valence electrons. The highest BCUT2D eigenvalue weighted by molar-refractivity contribution is 6.33. The van der Waals surface area contributed by atoms with Crippen LogP contribution in [0.1, 0.15) is 36.0 Å². The highest BCUT2D eigenvalue weighted by Crippen LogP contribution is 2.30. The maximum Gasteiger partial charge on any atom is 0.257 e. The van der Waals surface area contributed by atoms with Crippen LogP contribution in [0.15, 0.2) is 18.2 Å². The summed E-state index contributed by atoms with van der Waals surface area (Å²) in [5.74, 6) is -1.30. The van der Waals surface area contributed by atoms with E-state index in [1.54, 1.807) is 0 Å². The molecule has 0 spiro atoms. The number of nitrogens with one attached hydrogen (secondary N) is 1. The molecule has 0 heterocycles. The fourth-order valence-electron chi connectivity index (χ4n) is 2.24. The number of benzene rings is 1. The average Bonchev–Trinajstić information content (AvgIpc) is 2.78. The first-order valence-electron chi connectivity index (χ1n) is 5.76. The molecular formula is C13H12ClFN2O. The Morgan fingerprint density at radius 3 is 2.67 bits per heavy atom. The summed E-state index contributed by atoms with van der Waals surface area (Å²) in [5, 5.41) is 11.8. The first kappa shape index (κ1) is 12.8. The van der Waals surface area contributed by atoms with Crippen LogP contribution in [-0.2, 0) is 0 Å². The molecule has 1 amide bonds. The van der Waals surface area contributed by atoms with Gasteiger partial charge in [0.15, 0.2) is 0 Å². The Balaban J connectivity index is 2.25. The van der Waals surface area contributed by atoms with Gasteiger partial charge in [0.2, 0.25) is 0 Å². The maximum atomic E-state index is 13.6. The van der Waals surface area contributed by atoms with E-state index < -0.39 is 17.3 Å². The Kier molecular flexibility index (Phi) is 3.53. The summed E-state index contributed by atoms with van der Waals surface area (Å²) in [7, 11) is 0. The number of rotatable bonds is 2. The molecule has 18 heavy (non-hydrogen) atoms. The molecule has 1 N–H and O–H groups in total. The summed E-state index contributed by atoms with van der Waals surface area (Å²) in [4.78, 5) is 12.0. The van der Waals surface area contributed by atoms with Crippen molar-refractivity contribution in [1.29, 1.82) is 5.26 Å². The van der Waals surface area contributed by atoms with E-state index in [1.165, 1.54) is 18.2 Å². The average molecular weight is 267 g/mol. The van der Waals surface area contributed by atoms with E-state index in [4.69, 9.17) is 16.9 Å². The number of hydrogen-bond acceptors (Lipinski definition) is 2. The third-order valence-electron chi connectivity index (χ3n) is 3.21. The lowest BCUT2D eigenvalue weighted by atomic mass is 9.99. The zero-order chi connectivity index (χ0) is 13.2. The lowest BCUT2D eigenvalue weighted by molar-refractivity contribution is 0.0916. The number of nitrogens with zero attached hydrogens (tertiary/aromatic N) is 1. The van der Waals surface area contributed by atoms with Crippen LogP contribution in [0.3, 0.4) is 0 Å².